The predicted molar refractivity (Wildman–Crippen MR) is 70.7 cm³/mol. The number of benzene rings is 1. The maximum Gasteiger partial charge on any atom is 0.416 e. The van der Waals surface area contributed by atoms with Crippen LogP contribution in [0.3, 0.4) is 0 Å². The Kier molecular flexibility index (Phi) is 2.86. The first-order valence-corrected chi connectivity index (χ1v) is 6.42. The summed E-state index contributed by atoms with van der Waals surface area (Å²) in [6.07, 6.45) is -2.90. The number of H-pyrrole nitrogens is 1. The first kappa shape index (κ1) is 12.9. The van der Waals surface area contributed by atoms with Crippen LogP contribution in [-0.4, -0.2) is 10.2 Å². The van der Waals surface area contributed by atoms with Gasteiger partial charge in [0.1, 0.15) is 0 Å². The molecule has 0 saturated heterocycles. The number of fused-ring (bicyclic) bond motifs is 1. The topological polar surface area (TPSA) is 45.8 Å². The molecular weight excluding hydrogens is 289 g/mol. The van der Waals surface area contributed by atoms with Crippen molar-refractivity contribution in [3.8, 4) is 10.4 Å². The minimum absolute atomic E-state index is 0.350. The van der Waals surface area contributed by atoms with E-state index in [9.17, 15) is 18.0 Å². The average Bonchev–Trinajstić information content (AvgIpc) is 2.83. The third-order valence-electron chi connectivity index (χ3n) is 2.83. The zero-order chi connectivity index (χ0) is 14.3. The first-order chi connectivity index (χ1) is 9.45. The van der Waals surface area contributed by atoms with Crippen molar-refractivity contribution in [3.63, 3.8) is 0 Å². The largest absolute Gasteiger partial charge is 0.416 e. The summed E-state index contributed by atoms with van der Waals surface area (Å²) in [4.78, 5) is 12.2. The normalized spacial score (nSPS) is 11.9. The van der Waals surface area contributed by atoms with Crippen molar-refractivity contribution >= 4 is 21.4 Å². The van der Waals surface area contributed by atoms with Gasteiger partial charge < -0.3 is 0 Å². The number of aromatic nitrogens is 2. The van der Waals surface area contributed by atoms with Gasteiger partial charge in [-0.2, -0.15) is 18.3 Å². The van der Waals surface area contributed by atoms with Gasteiger partial charge in [-0.05, 0) is 23.8 Å². The summed E-state index contributed by atoms with van der Waals surface area (Å²) in [5.41, 5.74) is -0.628. The van der Waals surface area contributed by atoms with E-state index in [4.69, 9.17) is 0 Å². The molecular formula is C13H7F3N2OS. The molecule has 0 aliphatic heterocycles. The van der Waals surface area contributed by atoms with E-state index in [0.717, 1.165) is 12.1 Å². The lowest BCUT2D eigenvalue weighted by Gasteiger charge is -2.07. The fraction of sp³-hybridized carbons (Fsp3) is 0.0769. The van der Waals surface area contributed by atoms with Crippen molar-refractivity contribution < 1.29 is 13.2 Å². The van der Waals surface area contributed by atoms with Crippen LogP contribution in [0.5, 0.6) is 0 Å². The summed E-state index contributed by atoms with van der Waals surface area (Å²) < 4.78 is 38.7. The van der Waals surface area contributed by atoms with Crippen molar-refractivity contribution in [3.05, 3.63) is 52.4 Å². The zero-order valence-electron chi connectivity index (χ0n) is 9.86. The molecule has 0 aliphatic carbocycles. The second kappa shape index (κ2) is 4.45. The number of alkyl halides is 3. The number of thiophene rings is 1. The molecule has 0 aliphatic rings. The summed E-state index contributed by atoms with van der Waals surface area (Å²) in [7, 11) is 0. The van der Waals surface area contributed by atoms with Gasteiger partial charge in [0.05, 0.1) is 21.8 Å². The number of hydrogen-bond donors (Lipinski definition) is 1. The van der Waals surface area contributed by atoms with Gasteiger partial charge in [0.2, 0.25) is 0 Å². The van der Waals surface area contributed by atoms with Crippen molar-refractivity contribution in [2.45, 2.75) is 6.18 Å². The van der Waals surface area contributed by atoms with Gasteiger partial charge in [-0.1, -0.05) is 12.1 Å². The lowest BCUT2D eigenvalue weighted by molar-refractivity contribution is -0.137. The fourth-order valence-corrected chi connectivity index (χ4v) is 2.90. The molecule has 3 aromatic rings. The number of aromatic amines is 1. The second-order valence-electron chi connectivity index (χ2n) is 4.17. The molecule has 0 fully saturated rings. The lowest BCUT2D eigenvalue weighted by atomic mass is 10.1. The molecule has 0 spiro atoms. The van der Waals surface area contributed by atoms with Crippen molar-refractivity contribution in [1.82, 2.24) is 10.2 Å². The first-order valence-electron chi connectivity index (χ1n) is 5.60. The molecule has 0 atom stereocenters. The monoisotopic (exact) mass is 296 g/mol. The average molecular weight is 296 g/mol. The quantitative estimate of drug-likeness (QED) is 0.744. The van der Waals surface area contributed by atoms with Gasteiger partial charge in [0.15, 0.2) is 0 Å². The van der Waals surface area contributed by atoms with E-state index in [0.29, 0.717) is 20.5 Å². The molecule has 2 aromatic heterocycles. The summed E-state index contributed by atoms with van der Waals surface area (Å²) in [6.45, 7) is 0. The molecule has 102 valence electrons. The Morgan fingerprint density at radius 1 is 1.20 bits per heavy atom. The Hall–Kier alpha value is -2.15. The highest BCUT2D eigenvalue weighted by atomic mass is 32.1. The summed E-state index contributed by atoms with van der Waals surface area (Å²) in [5.74, 6) is 0. The predicted octanol–water partition coefficient (Wildman–Crippen LogP) is 3.67. The molecule has 1 N–H and O–H groups in total. The van der Waals surface area contributed by atoms with E-state index in [1.807, 2.05) is 0 Å². The highest BCUT2D eigenvalue weighted by Crippen LogP contribution is 2.35. The van der Waals surface area contributed by atoms with E-state index in [-0.39, 0.29) is 5.56 Å². The van der Waals surface area contributed by atoms with Crippen molar-refractivity contribution in [2.75, 3.05) is 0 Å². The third-order valence-corrected chi connectivity index (χ3v) is 3.95. The fourth-order valence-electron chi connectivity index (χ4n) is 1.88. The zero-order valence-corrected chi connectivity index (χ0v) is 10.7. The van der Waals surface area contributed by atoms with Crippen LogP contribution >= 0.6 is 11.3 Å². The van der Waals surface area contributed by atoms with Gasteiger partial charge in [-0.3, -0.25) is 4.79 Å². The number of rotatable bonds is 1. The molecule has 7 heteroatoms. The number of nitrogens with zero attached hydrogens (tertiary/aromatic N) is 1. The summed E-state index contributed by atoms with van der Waals surface area (Å²) >= 11 is 1.23. The standard InChI is InChI=1S/C13H7F3N2OS/c14-13(15,16)8-3-1-2-7(4-8)10-5-9-11(20-10)6-17-18-12(9)19/h1-6H,(H,18,19). The van der Waals surface area contributed by atoms with Crippen LogP contribution < -0.4 is 5.56 Å². The van der Waals surface area contributed by atoms with Gasteiger partial charge >= 0.3 is 6.18 Å². The second-order valence-corrected chi connectivity index (χ2v) is 5.25. The highest BCUT2D eigenvalue weighted by Gasteiger charge is 2.30. The Bertz CT molecular complexity index is 835. The molecule has 0 radical (unpaired) electrons. The molecule has 3 rings (SSSR count). The maximum absolute atomic E-state index is 12.7. The minimum atomic E-state index is -4.38. The minimum Gasteiger partial charge on any atom is -0.267 e. The van der Waals surface area contributed by atoms with E-state index < -0.39 is 11.7 Å². The molecule has 20 heavy (non-hydrogen) atoms. The molecule has 0 bridgehead atoms. The van der Waals surface area contributed by atoms with E-state index >= 15 is 0 Å². The van der Waals surface area contributed by atoms with Crippen LogP contribution in [0.1, 0.15) is 5.56 Å². The van der Waals surface area contributed by atoms with Crippen molar-refractivity contribution in [1.29, 1.82) is 0 Å². The number of nitrogens with one attached hydrogen (secondary N) is 1. The molecule has 0 saturated carbocycles. The van der Waals surface area contributed by atoms with Gasteiger partial charge in [-0.25, -0.2) is 5.10 Å². The summed E-state index contributed by atoms with van der Waals surface area (Å²) in [5, 5.41) is 6.39. The van der Waals surface area contributed by atoms with E-state index in [2.05, 4.69) is 10.2 Å². The summed E-state index contributed by atoms with van der Waals surface area (Å²) in [6, 6.07) is 6.61. The Labute approximate surface area is 114 Å². The molecule has 2 heterocycles. The van der Waals surface area contributed by atoms with Gasteiger partial charge in [0, 0.05) is 4.88 Å². The molecule has 0 unspecified atom stereocenters. The Balaban J connectivity index is 2.16. The van der Waals surface area contributed by atoms with Crippen LogP contribution in [0.25, 0.3) is 20.5 Å². The molecule has 3 nitrogen and oxygen atoms in total. The van der Waals surface area contributed by atoms with Gasteiger partial charge in [0.25, 0.3) is 5.56 Å². The Morgan fingerprint density at radius 3 is 2.70 bits per heavy atom. The van der Waals surface area contributed by atoms with E-state index in [1.165, 1.54) is 23.6 Å². The lowest BCUT2D eigenvalue weighted by Crippen LogP contribution is -2.05. The highest BCUT2D eigenvalue weighted by molar-refractivity contribution is 7.22. The Morgan fingerprint density at radius 2 is 2.00 bits per heavy atom. The molecule has 1 aromatic carbocycles. The SMILES string of the molecule is O=c1[nH]ncc2sc(-c3cccc(C(F)(F)F)c3)cc12. The number of hydrogen-bond acceptors (Lipinski definition) is 3. The van der Waals surface area contributed by atoms with Gasteiger partial charge in [-0.15, -0.1) is 11.3 Å². The molecule has 0 amide bonds. The van der Waals surface area contributed by atoms with Crippen LogP contribution in [0.4, 0.5) is 13.2 Å². The van der Waals surface area contributed by atoms with E-state index in [1.54, 1.807) is 12.1 Å². The smallest absolute Gasteiger partial charge is 0.267 e. The van der Waals surface area contributed by atoms with Crippen LogP contribution in [0.2, 0.25) is 0 Å². The van der Waals surface area contributed by atoms with Crippen LogP contribution in [0, 0.1) is 0 Å². The maximum atomic E-state index is 12.7. The van der Waals surface area contributed by atoms with Crippen molar-refractivity contribution in [2.24, 2.45) is 0 Å². The van der Waals surface area contributed by atoms with Crippen LogP contribution in [0.15, 0.2) is 41.3 Å². The number of halogens is 3. The van der Waals surface area contributed by atoms with Crippen LogP contribution in [-0.2, 0) is 6.18 Å². The third kappa shape index (κ3) is 2.20.